The zero-order valence-electron chi connectivity index (χ0n) is 13.2. The fraction of sp³-hybridized carbons (Fsp3) is 0.647. The summed E-state index contributed by atoms with van der Waals surface area (Å²) < 4.78 is 0. The van der Waals surface area contributed by atoms with Crippen LogP contribution in [-0.2, 0) is 6.54 Å². The minimum Gasteiger partial charge on any atom is -0.385 e. The molecule has 1 aromatic carbocycles. The van der Waals surface area contributed by atoms with Crippen LogP contribution in [0.1, 0.15) is 25.8 Å². The Bertz CT molecular complexity index is 378. The molecule has 0 aliphatic carbocycles. The van der Waals surface area contributed by atoms with Gasteiger partial charge in [-0.05, 0) is 37.1 Å². The molecule has 1 heterocycles. The molecule has 0 atom stereocenters. The van der Waals surface area contributed by atoms with Crippen LogP contribution < -0.4 is 5.32 Å². The number of benzene rings is 1. The third-order valence-corrected chi connectivity index (χ3v) is 4.01. The third kappa shape index (κ3) is 5.14. The monoisotopic (exact) mass is 275 g/mol. The predicted molar refractivity (Wildman–Crippen MR) is 87.2 cm³/mol. The first-order valence-electron chi connectivity index (χ1n) is 7.87. The molecule has 1 aliphatic heterocycles. The second-order valence-corrected chi connectivity index (χ2v) is 6.39. The van der Waals surface area contributed by atoms with Crippen molar-refractivity contribution in [2.24, 2.45) is 5.92 Å². The standard InChI is InChI=1S/C17H29N3/c1-15(2)8-9-18-17-6-4-16(5-7-17)14-20-12-10-19(3)11-13-20/h4-7,15,18H,8-14H2,1-3H3. The summed E-state index contributed by atoms with van der Waals surface area (Å²) in [5.41, 5.74) is 2.66. The van der Waals surface area contributed by atoms with Gasteiger partial charge in [-0.2, -0.15) is 0 Å². The number of hydrogen-bond donors (Lipinski definition) is 1. The first-order chi connectivity index (χ1) is 9.63. The molecule has 1 aromatic rings. The highest BCUT2D eigenvalue weighted by Crippen LogP contribution is 2.13. The van der Waals surface area contributed by atoms with Gasteiger partial charge in [-0.25, -0.2) is 0 Å². The van der Waals surface area contributed by atoms with Crippen LogP contribution >= 0.6 is 0 Å². The van der Waals surface area contributed by atoms with Crippen LogP contribution in [0.4, 0.5) is 5.69 Å². The van der Waals surface area contributed by atoms with E-state index in [1.54, 1.807) is 0 Å². The van der Waals surface area contributed by atoms with E-state index < -0.39 is 0 Å². The van der Waals surface area contributed by atoms with Crippen molar-refractivity contribution >= 4 is 5.69 Å². The van der Waals surface area contributed by atoms with E-state index in [0.717, 1.165) is 19.0 Å². The topological polar surface area (TPSA) is 18.5 Å². The summed E-state index contributed by atoms with van der Waals surface area (Å²) >= 11 is 0. The third-order valence-electron chi connectivity index (χ3n) is 4.01. The molecule has 0 spiro atoms. The minimum absolute atomic E-state index is 0.763. The zero-order chi connectivity index (χ0) is 14.4. The van der Waals surface area contributed by atoms with Crippen molar-refractivity contribution in [3.8, 4) is 0 Å². The van der Waals surface area contributed by atoms with Crippen LogP contribution in [0.3, 0.4) is 0 Å². The van der Waals surface area contributed by atoms with E-state index >= 15 is 0 Å². The van der Waals surface area contributed by atoms with Crippen molar-refractivity contribution in [1.82, 2.24) is 9.80 Å². The van der Waals surface area contributed by atoms with Gasteiger partial charge in [-0.15, -0.1) is 0 Å². The quantitative estimate of drug-likeness (QED) is 0.861. The lowest BCUT2D eigenvalue weighted by atomic mass is 10.1. The molecule has 0 amide bonds. The second-order valence-electron chi connectivity index (χ2n) is 6.39. The van der Waals surface area contributed by atoms with Crippen molar-refractivity contribution in [2.75, 3.05) is 45.1 Å². The van der Waals surface area contributed by atoms with Crippen molar-refractivity contribution < 1.29 is 0 Å². The summed E-state index contributed by atoms with van der Waals surface area (Å²) in [5, 5.41) is 3.49. The van der Waals surface area contributed by atoms with E-state index in [1.165, 1.54) is 43.9 Å². The summed E-state index contributed by atoms with van der Waals surface area (Å²) in [6, 6.07) is 8.95. The Morgan fingerprint density at radius 2 is 1.70 bits per heavy atom. The fourth-order valence-electron chi connectivity index (χ4n) is 2.50. The summed E-state index contributed by atoms with van der Waals surface area (Å²) in [7, 11) is 2.20. The molecule has 20 heavy (non-hydrogen) atoms. The highest BCUT2D eigenvalue weighted by molar-refractivity contribution is 5.44. The Labute approximate surface area is 124 Å². The molecule has 112 valence electrons. The smallest absolute Gasteiger partial charge is 0.0340 e. The number of anilines is 1. The summed E-state index contributed by atoms with van der Waals surface area (Å²) in [4.78, 5) is 4.94. The van der Waals surface area contributed by atoms with Gasteiger partial charge in [0.05, 0.1) is 0 Å². The molecule has 3 nitrogen and oxygen atoms in total. The first-order valence-corrected chi connectivity index (χ1v) is 7.87. The lowest BCUT2D eigenvalue weighted by Gasteiger charge is -2.32. The fourth-order valence-corrected chi connectivity index (χ4v) is 2.50. The van der Waals surface area contributed by atoms with Crippen molar-refractivity contribution in [3.05, 3.63) is 29.8 Å². The van der Waals surface area contributed by atoms with E-state index in [4.69, 9.17) is 0 Å². The molecule has 0 bridgehead atoms. The Balaban J connectivity index is 1.76. The summed E-state index contributed by atoms with van der Waals surface area (Å²) in [6.45, 7) is 11.4. The number of piperazine rings is 1. The van der Waals surface area contributed by atoms with Crippen LogP contribution in [0.2, 0.25) is 0 Å². The first kappa shape index (κ1) is 15.3. The minimum atomic E-state index is 0.763. The van der Waals surface area contributed by atoms with Gasteiger partial charge in [0.15, 0.2) is 0 Å². The van der Waals surface area contributed by atoms with Crippen LogP contribution in [0, 0.1) is 5.92 Å². The van der Waals surface area contributed by atoms with E-state index in [2.05, 4.69) is 60.3 Å². The van der Waals surface area contributed by atoms with E-state index in [9.17, 15) is 0 Å². The number of rotatable bonds is 6. The molecule has 1 N–H and O–H groups in total. The normalized spacial score (nSPS) is 17.6. The SMILES string of the molecule is CC(C)CCNc1ccc(CN2CCN(C)CC2)cc1. The van der Waals surface area contributed by atoms with Gasteiger partial charge in [-0.1, -0.05) is 26.0 Å². The molecular formula is C17H29N3. The Morgan fingerprint density at radius 1 is 1.05 bits per heavy atom. The van der Waals surface area contributed by atoms with Crippen molar-refractivity contribution in [1.29, 1.82) is 0 Å². The summed E-state index contributed by atoms with van der Waals surface area (Å²) in [5.74, 6) is 0.763. The molecule has 2 rings (SSSR count). The van der Waals surface area contributed by atoms with Gasteiger partial charge in [0.1, 0.15) is 0 Å². The van der Waals surface area contributed by atoms with Gasteiger partial charge in [0, 0.05) is 45.0 Å². The van der Waals surface area contributed by atoms with Gasteiger partial charge in [0.2, 0.25) is 0 Å². The lowest BCUT2D eigenvalue weighted by Crippen LogP contribution is -2.43. The molecule has 0 unspecified atom stereocenters. The molecule has 0 aromatic heterocycles. The summed E-state index contributed by atoms with van der Waals surface area (Å²) in [6.07, 6.45) is 1.23. The van der Waals surface area contributed by atoms with Crippen LogP contribution in [0.25, 0.3) is 0 Å². The maximum atomic E-state index is 3.49. The number of likely N-dealkylation sites (N-methyl/N-ethyl adjacent to an activating group) is 1. The molecule has 3 heteroatoms. The average Bonchev–Trinajstić information content (AvgIpc) is 2.43. The van der Waals surface area contributed by atoms with Gasteiger partial charge in [0.25, 0.3) is 0 Å². The van der Waals surface area contributed by atoms with E-state index in [1.807, 2.05) is 0 Å². The largest absolute Gasteiger partial charge is 0.385 e. The average molecular weight is 275 g/mol. The maximum Gasteiger partial charge on any atom is 0.0340 e. The Hall–Kier alpha value is -1.06. The Kier molecular flexibility index (Phi) is 5.86. The van der Waals surface area contributed by atoms with Crippen LogP contribution in [0.5, 0.6) is 0 Å². The molecule has 0 saturated carbocycles. The molecule has 0 radical (unpaired) electrons. The number of hydrogen-bond acceptors (Lipinski definition) is 3. The maximum absolute atomic E-state index is 3.49. The number of nitrogens with zero attached hydrogens (tertiary/aromatic N) is 2. The van der Waals surface area contributed by atoms with Gasteiger partial charge < -0.3 is 10.2 Å². The van der Waals surface area contributed by atoms with Crippen molar-refractivity contribution in [3.63, 3.8) is 0 Å². The van der Waals surface area contributed by atoms with Crippen LogP contribution in [0.15, 0.2) is 24.3 Å². The molecular weight excluding hydrogens is 246 g/mol. The molecule has 1 fully saturated rings. The predicted octanol–water partition coefficient (Wildman–Crippen LogP) is 2.89. The highest BCUT2D eigenvalue weighted by Gasteiger charge is 2.13. The van der Waals surface area contributed by atoms with Crippen molar-refractivity contribution in [2.45, 2.75) is 26.8 Å². The van der Waals surface area contributed by atoms with Gasteiger partial charge in [-0.3, -0.25) is 4.90 Å². The van der Waals surface area contributed by atoms with Crippen LogP contribution in [-0.4, -0.2) is 49.6 Å². The molecule has 1 saturated heterocycles. The lowest BCUT2D eigenvalue weighted by molar-refractivity contribution is 0.148. The Morgan fingerprint density at radius 3 is 2.30 bits per heavy atom. The highest BCUT2D eigenvalue weighted by atomic mass is 15.2. The molecule has 1 aliphatic rings. The zero-order valence-corrected chi connectivity index (χ0v) is 13.2. The van der Waals surface area contributed by atoms with E-state index in [-0.39, 0.29) is 0 Å². The van der Waals surface area contributed by atoms with Gasteiger partial charge >= 0.3 is 0 Å². The second kappa shape index (κ2) is 7.65. The number of nitrogens with one attached hydrogen (secondary N) is 1. The van der Waals surface area contributed by atoms with E-state index in [0.29, 0.717) is 0 Å².